The number of nitroso groups, excluding NO2 is 1. The largest absolute Gasteiger partial charge is 0.356 e. The Morgan fingerprint density at radius 1 is 1.36 bits per heavy atom. The summed E-state index contributed by atoms with van der Waals surface area (Å²) < 4.78 is 9.60. The minimum Gasteiger partial charge on any atom is -0.356 e. The third kappa shape index (κ3) is 7.74. The van der Waals surface area contributed by atoms with E-state index in [4.69, 9.17) is 4.52 Å². The summed E-state index contributed by atoms with van der Waals surface area (Å²) >= 11 is 0. The van der Waals surface area contributed by atoms with Crippen LogP contribution in [0.15, 0.2) is 5.18 Å². The molecule has 0 radical (unpaired) electrons. The molecule has 0 aliphatic carbocycles. The van der Waals surface area contributed by atoms with Crippen molar-refractivity contribution in [2.45, 2.75) is 33.2 Å². The van der Waals surface area contributed by atoms with Crippen molar-refractivity contribution < 1.29 is 23.5 Å². The second kappa shape index (κ2) is 10.6. The molecule has 0 rings (SSSR count). The van der Waals surface area contributed by atoms with E-state index in [9.17, 15) is 19.4 Å². The van der Waals surface area contributed by atoms with Crippen molar-refractivity contribution in [1.29, 1.82) is 0 Å². The normalized spacial score (nSPS) is 14.0. The average molecular weight is 337 g/mol. The Morgan fingerprint density at radius 3 is 2.50 bits per heavy atom. The third-order valence-corrected chi connectivity index (χ3v) is 3.48. The Kier molecular flexibility index (Phi) is 10.0. The summed E-state index contributed by atoms with van der Waals surface area (Å²) in [6.45, 7) is 5.56. The molecule has 9 nitrogen and oxygen atoms in total. The first-order valence-corrected chi connectivity index (χ1v) is 7.94. The Bertz CT molecular complexity index is 380. The molecule has 128 valence electrons. The summed E-state index contributed by atoms with van der Waals surface area (Å²) in [4.78, 5) is 43.5. The molecule has 0 aliphatic rings. The summed E-state index contributed by atoms with van der Waals surface area (Å²) in [5.74, 6) is -0.778. The standard InChI is InChI=1S/C12H24N3O6P/c1-5-13-9(16)6-7-14-11(17)10(15-18)12(2,3)8-21-22(19)20-4/h10,19H,5-8H2,1-4H3,(H,13,16)(H,14,17). The van der Waals surface area contributed by atoms with Gasteiger partial charge in [0, 0.05) is 32.0 Å². The van der Waals surface area contributed by atoms with Crippen LogP contribution in [-0.2, 0) is 18.6 Å². The number of nitrogens with one attached hydrogen (secondary N) is 2. The lowest BCUT2D eigenvalue weighted by atomic mass is 9.85. The molecule has 10 heteroatoms. The predicted molar refractivity (Wildman–Crippen MR) is 81.8 cm³/mol. The van der Waals surface area contributed by atoms with Gasteiger partial charge >= 0.3 is 8.60 Å². The van der Waals surface area contributed by atoms with Gasteiger partial charge in [-0.2, -0.15) is 0 Å². The highest BCUT2D eigenvalue weighted by Gasteiger charge is 2.37. The second-order valence-corrected chi connectivity index (χ2v) is 6.28. The van der Waals surface area contributed by atoms with E-state index < -0.39 is 26.0 Å². The molecule has 0 aliphatic heterocycles. The van der Waals surface area contributed by atoms with E-state index in [1.807, 2.05) is 0 Å². The van der Waals surface area contributed by atoms with Crippen LogP contribution in [0.25, 0.3) is 0 Å². The molecule has 0 saturated heterocycles. The summed E-state index contributed by atoms with van der Waals surface area (Å²) in [6.07, 6.45) is 0.119. The minimum absolute atomic E-state index is 0.0802. The van der Waals surface area contributed by atoms with Crippen molar-refractivity contribution in [2.24, 2.45) is 10.6 Å². The molecule has 22 heavy (non-hydrogen) atoms. The molecule has 2 amide bonds. The van der Waals surface area contributed by atoms with E-state index in [1.54, 1.807) is 20.8 Å². The number of amides is 2. The third-order valence-electron chi connectivity index (χ3n) is 2.82. The zero-order chi connectivity index (χ0) is 17.2. The SMILES string of the molecule is CCNC(=O)CCNC(=O)C(N=O)C(C)(C)COP(O)OC. The van der Waals surface area contributed by atoms with Crippen LogP contribution in [0.4, 0.5) is 0 Å². The molecule has 0 heterocycles. The van der Waals surface area contributed by atoms with Crippen molar-refractivity contribution in [3.05, 3.63) is 4.91 Å². The monoisotopic (exact) mass is 337 g/mol. The molecular weight excluding hydrogens is 313 g/mol. The minimum atomic E-state index is -2.04. The highest BCUT2D eigenvalue weighted by atomic mass is 31.2. The lowest BCUT2D eigenvalue weighted by Gasteiger charge is -2.28. The molecule has 0 bridgehead atoms. The first-order valence-electron chi connectivity index (χ1n) is 6.81. The van der Waals surface area contributed by atoms with Gasteiger partial charge < -0.3 is 24.6 Å². The molecular formula is C12H24N3O6P. The number of rotatable bonds is 11. The number of hydrogen-bond donors (Lipinski definition) is 3. The molecule has 0 aromatic rings. The van der Waals surface area contributed by atoms with E-state index in [2.05, 4.69) is 20.3 Å². The molecule has 0 saturated carbocycles. The van der Waals surface area contributed by atoms with Gasteiger partial charge in [-0.05, 0) is 6.92 Å². The maximum Gasteiger partial charge on any atom is 0.329 e. The van der Waals surface area contributed by atoms with Crippen LogP contribution in [0.3, 0.4) is 0 Å². The first-order chi connectivity index (χ1) is 10.3. The van der Waals surface area contributed by atoms with Crippen LogP contribution in [0.5, 0.6) is 0 Å². The quantitative estimate of drug-likeness (QED) is 0.376. The van der Waals surface area contributed by atoms with Crippen molar-refractivity contribution in [3.8, 4) is 0 Å². The van der Waals surface area contributed by atoms with Gasteiger partial charge in [0.15, 0.2) is 6.04 Å². The first kappa shape index (κ1) is 20.9. The highest BCUT2D eigenvalue weighted by molar-refractivity contribution is 7.40. The van der Waals surface area contributed by atoms with Gasteiger partial charge in [0.2, 0.25) is 11.8 Å². The molecule has 0 aromatic carbocycles. The van der Waals surface area contributed by atoms with Crippen molar-refractivity contribution in [1.82, 2.24) is 10.6 Å². The van der Waals surface area contributed by atoms with E-state index in [0.29, 0.717) is 6.54 Å². The van der Waals surface area contributed by atoms with Crippen LogP contribution in [0.2, 0.25) is 0 Å². The van der Waals surface area contributed by atoms with E-state index in [0.717, 1.165) is 0 Å². The molecule has 0 aromatic heterocycles. The van der Waals surface area contributed by atoms with Crippen molar-refractivity contribution >= 4 is 20.4 Å². The Morgan fingerprint density at radius 2 is 2.00 bits per heavy atom. The van der Waals surface area contributed by atoms with Gasteiger partial charge in [0.05, 0.1) is 6.61 Å². The summed E-state index contributed by atoms with van der Waals surface area (Å²) in [5, 5.41) is 7.93. The molecule has 0 fully saturated rings. The number of carbonyl (C=O) groups is 2. The van der Waals surface area contributed by atoms with Crippen molar-refractivity contribution in [3.63, 3.8) is 0 Å². The number of carbonyl (C=O) groups excluding carboxylic acids is 2. The zero-order valence-corrected chi connectivity index (χ0v) is 14.2. The van der Waals surface area contributed by atoms with Crippen LogP contribution in [0.1, 0.15) is 27.2 Å². The lowest BCUT2D eigenvalue weighted by molar-refractivity contribution is -0.125. The summed E-state index contributed by atoms with van der Waals surface area (Å²) in [7, 11) is -0.764. The van der Waals surface area contributed by atoms with Gasteiger partial charge in [-0.3, -0.25) is 9.59 Å². The predicted octanol–water partition coefficient (Wildman–Crippen LogP) is 0.672. The maximum absolute atomic E-state index is 12.0. The smallest absolute Gasteiger partial charge is 0.329 e. The lowest BCUT2D eigenvalue weighted by Crippen LogP contribution is -2.45. The zero-order valence-electron chi connectivity index (χ0n) is 13.3. The average Bonchev–Trinajstić information content (AvgIpc) is 2.45. The maximum atomic E-state index is 12.0. The molecule has 2 unspecified atom stereocenters. The fourth-order valence-corrected chi connectivity index (χ4v) is 2.13. The van der Waals surface area contributed by atoms with Gasteiger partial charge in [0.1, 0.15) is 0 Å². The number of hydrogen-bond acceptors (Lipinski definition) is 7. The van der Waals surface area contributed by atoms with Gasteiger partial charge in [-0.1, -0.05) is 19.0 Å². The van der Waals surface area contributed by atoms with E-state index >= 15 is 0 Å². The van der Waals surface area contributed by atoms with Gasteiger partial charge in [-0.15, -0.1) is 4.91 Å². The van der Waals surface area contributed by atoms with E-state index in [1.165, 1.54) is 7.11 Å². The molecule has 0 spiro atoms. The van der Waals surface area contributed by atoms with Crippen LogP contribution >= 0.6 is 8.60 Å². The van der Waals surface area contributed by atoms with Crippen LogP contribution in [-0.4, -0.2) is 49.6 Å². The summed E-state index contributed by atoms with van der Waals surface area (Å²) in [6, 6.07) is -1.21. The highest BCUT2D eigenvalue weighted by Crippen LogP contribution is 2.35. The number of nitrogens with zero attached hydrogens (tertiary/aromatic N) is 1. The fourth-order valence-electron chi connectivity index (χ4n) is 1.58. The Hall–Kier alpha value is -1.15. The van der Waals surface area contributed by atoms with Crippen LogP contribution in [0, 0.1) is 10.3 Å². The van der Waals surface area contributed by atoms with E-state index in [-0.39, 0.29) is 25.5 Å². The fraction of sp³-hybridized carbons (Fsp3) is 0.833. The molecule has 2 atom stereocenters. The topological polar surface area (TPSA) is 126 Å². The molecule has 3 N–H and O–H groups in total. The van der Waals surface area contributed by atoms with Crippen molar-refractivity contribution in [2.75, 3.05) is 26.8 Å². The van der Waals surface area contributed by atoms with Crippen LogP contribution < -0.4 is 10.6 Å². The summed E-state index contributed by atoms with van der Waals surface area (Å²) in [5.41, 5.74) is -0.931. The van der Waals surface area contributed by atoms with Gasteiger partial charge in [0.25, 0.3) is 0 Å². The Balaban J connectivity index is 4.43. The Labute approximate surface area is 131 Å². The second-order valence-electron chi connectivity index (χ2n) is 5.18. The van der Waals surface area contributed by atoms with Gasteiger partial charge in [-0.25, -0.2) is 0 Å².